The first-order valence-corrected chi connectivity index (χ1v) is 11.1. The van der Waals surface area contributed by atoms with Crippen molar-refractivity contribution < 1.29 is 9.47 Å². The minimum Gasteiger partial charge on any atom is -0.496 e. The van der Waals surface area contributed by atoms with Crippen LogP contribution in [-0.2, 0) is 11.3 Å². The van der Waals surface area contributed by atoms with Gasteiger partial charge in [0.25, 0.3) is 0 Å². The van der Waals surface area contributed by atoms with Gasteiger partial charge in [0.2, 0.25) is 0 Å². The van der Waals surface area contributed by atoms with Crippen molar-refractivity contribution in [2.75, 3.05) is 33.4 Å². The molecule has 0 radical (unpaired) electrons. The molecule has 0 bridgehead atoms. The van der Waals surface area contributed by atoms with Gasteiger partial charge in [-0.05, 0) is 61.7 Å². The number of thiocarbonyl (C=S) groups is 1. The minimum absolute atomic E-state index is 0.445. The van der Waals surface area contributed by atoms with Crippen LogP contribution in [0, 0.1) is 5.92 Å². The molecule has 2 atom stereocenters. The van der Waals surface area contributed by atoms with Crippen molar-refractivity contribution in [2.24, 2.45) is 11.0 Å². The monoisotopic (exact) mass is 418 g/mol. The van der Waals surface area contributed by atoms with E-state index < -0.39 is 0 Å². The first kappa shape index (κ1) is 22.0. The molecule has 0 spiro atoms. The number of nitrogens with zero attached hydrogens (tertiary/aromatic N) is 2. The van der Waals surface area contributed by atoms with Gasteiger partial charge in [0.15, 0.2) is 5.11 Å². The number of morpholine rings is 1. The zero-order chi connectivity index (χ0) is 20.6. The van der Waals surface area contributed by atoms with E-state index in [1.807, 2.05) is 19.1 Å². The standard InChI is InChI=1S/C22H34N4O2S/c1-16-6-4-5-7-20(16)23-22(29)25-24-17(2)18-8-9-21(27-3)19(14-18)15-26-10-12-28-13-11-26/h8-9,14,16,20H,4-7,10-13,15H2,1-3H3,(H2,23,25,29)/b24-17-/t16-,20-/m0/s1. The maximum atomic E-state index is 5.57. The van der Waals surface area contributed by atoms with E-state index in [0.29, 0.717) is 17.1 Å². The summed E-state index contributed by atoms with van der Waals surface area (Å²) in [4.78, 5) is 2.39. The molecule has 0 amide bonds. The molecule has 1 heterocycles. The van der Waals surface area contributed by atoms with E-state index in [9.17, 15) is 0 Å². The van der Waals surface area contributed by atoms with Crippen molar-refractivity contribution in [3.05, 3.63) is 29.3 Å². The molecule has 29 heavy (non-hydrogen) atoms. The zero-order valence-corrected chi connectivity index (χ0v) is 18.7. The maximum absolute atomic E-state index is 5.57. The Bertz CT molecular complexity index is 719. The second kappa shape index (κ2) is 10.9. The molecule has 2 fully saturated rings. The van der Waals surface area contributed by atoms with E-state index in [1.165, 1.54) is 25.7 Å². The van der Waals surface area contributed by atoms with Gasteiger partial charge < -0.3 is 14.8 Å². The van der Waals surface area contributed by atoms with Crippen LogP contribution in [0.25, 0.3) is 0 Å². The van der Waals surface area contributed by atoms with Gasteiger partial charge >= 0.3 is 0 Å². The largest absolute Gasteiger partial charge is 0.496 e. The number of methoxy groups -OCH3 is 1. The molecule has 0 aromatic heterocycles. The number of rotatable bonds is 6. The Hall–Kier alpha value is -1.70. The number of nitrogens with one attached hydrogen (secondary N) is 2. The van der Waals surface area contributed by atoms with Crippen molar-refractivity contribution in [3.63, 3.8) is 0 Å². The Kier molecular flexibility index (Phi) is 8.27. The van der Waals surface area contributed by atoms with Crippen molar-refractivity contribution in [1.82, 2.24) is 15.6 Å². The molecule has 3 rings (SSSR count). The van der Waals surface area contributed by atoms with E-state index in [-0.39, 0.29) is 0 Å². The van der Waals surface area contributed by atoms with Crippen molar-refractivity contribution in [3.8, 4) is 5.75 Å². The summed E-state index contributed by atoms with van der Waals surface area (Å²) in [5.41, 5.74) is 6.16. The molecule has 160 valence electrons. The van der Waals surface area contributed by atoms with Gasteiger partial charge in [0.1, 0.15) is 5.75 Å². The third-order valence-electron chi connectivity index (χ3n) is 5.95. The number of hydrogen-bond acceptors (Lipinski definition) is 5. The molecule has 0 unspecified atom stereocenters. The summed E-state index contributed by atoms with van der Waals surface area (Å²) in [6.07, 6.45) is 5.03. The Balaban J connectivity index is 1.62. The molecule has 1 aromatic rings. The third-order valence-corrected chi connectivity index (χ3v) is 6.16. The van der Waals surface area contributed by atoms with Crippen LogP contribution in [0.3, 0.4) is 0 Å². The van der Waals surface area contributed by atoms with Crippen LogP contribution in [0.4, 0.5) is 0 Å². The van der Waals surface area contributed by atoms with Crippen molar-refractivity contribution >= 4 is 23.0 Å². The van der Waals surface area contributed by atoms with Gasteiger partial charge in [-0.15, -0.1) is 0 Å². The molecule has 7 heteroatoms. The quantitative estimate of drug-likeness (QED) is 0.420. The SMILES string of the molecule is COc1ccc(/C(C)=N\NC(=S)N[C@H]2CCCC[C@@H]2C)cc1CN1CCOCC1. The second-order valence-corrected chi connectivity index (χ2v) is 8.47. The predicted octanol–water partition coefficient (Wildman–Crippen LogP) is 3.29. The molecule has 1 saturated carbocycles. The lowest BCUT2D eigenvalue weighted by molar-refractivity contribution is 0.0339. The summed E-state index contributed by atoms with van der Waals surface area (Å²) >= 11 is 5.46. The number of hydrazone groups is 1. The molecular weight excluding hydrogens is 384 g/mol. The fourth-order valence-corrected chi connectivity index (χ4v) is 4.25. The Labute approximate surface area is 180 Å². The smallest absolute Gasteiger partial charge is 0.187 e. The van der Waals surface area contributed by atoms with E-state index in [2.05, 4.69) is 33.7 Å². The predicted molar refractivity (Wildman–Crippen MR) is 122 cm³/mol. The molecule has 2 N–H and O–H groups in total. The molecule has 1 aliphatic heterocycles. The van der Waals surface area contributed by atoms with Gasteiger partial charge in [-0.2, -0.15) is 5.10 Å². The summed E-state index contributed by atoms with van der Waals surface area (Å²) in [5, 5.41) is 8.55. The van der Waals surface area contributed by atoms with Crippen LogP contribution in [0.1, 0.15) is 50.7 Å². The summed E-state index contributed by atoms with van der Waals surface area (Å²) in [5.74, 6) is 1.56. The average Bonchev–Trinajstić information content (AvgIpc) is 2.74. The summed E-state index contributed by atoms with van der Waals surface area (Å²) in [7, 11) is 1.72. The minimum atomic E-state index is 0.445. The van der Waals surface area contributed by atoms with Crippen LogP contribution in [0.5, 0.6) is 5.75 Å². The fraction of sp³-hybridized carbons (Fsp3) is 0.636. The molecule has 1 saturated heterocycles. The Morgan fingerprint density at radius 3 is 2.76 bits per heavy atom. The van der Waals surface area contributed by atoms with E-state index in [1.54, 1.807) is 7.11 Å². The number of hydrogen-bond donors (Lipinski definition) is 2. The number of ether oxygens (including phenoxy) is 2. The van der Waals surface area contributed by atoms with E-state index in [0.717, 1.165) is 55.4 Å². The molecular formula is C22H34N4O2S. The van der Waals surface area contributed by atoms with Gasteiger partial charge in [0, 0.05) is 31.2 Å². The average molecular weight is 419 g/mol. The fourth-order valence-electron chi connectivity index (χ4n) is 4.06. The maximum Gasteiger partial charge on any atom is 0.187 e. The van der Waals surface area contributed by atoms with Gasteiger partial charge in [-0.3, -0.25) is 10.3 Å². The topological polar surface area (TPSA) is 58.1 Å². The molecule has 6 nitrogen and oxygen atoms in total. The first-order valence-electron chi connectivity index (χ1n) is 10.6. The van der Waals surface area contributed by atoms with Crippen LogP contribution in [0.15, 0.2) is 23.3 Å². The summed E-state index contributed by atoms with van der Waals surface area (Å²) < 4.78 is 11.0. The highest BCUT2D eigenvalue weighted by atomic mass is 32.1. The van der Waals surface area contributed by atoms with Gasteiger partial charge in [-0.1, -0.05) is 19.8 Å². The van der Waals surface area contributed by atoms with E-state index in [4.69, 9.17) is 21.7 Å². The van der Waals surface area contributed by atoms with Crippen LogP contribution in [-0.4, -0.2) is 55.2 Å². The Morgan fingerprint density at radius 1 is 1.28 bits per heavy atom. The normalized spacial score (nSPS) is 23.5. The van der Waals surface area contributed by atoms with Crippen LogP contribution in [0.2, 0.25) is 0 Å². The summed E-state index contributed by atoms with van der Waals surface area (Å²) in [6, 6.07) is 6.67. The highest BCUT2D eigenvalue weighted by Gasteiger charge is 2.21. The molecule has 1 aromatic carbocycles. The zero-order valence-electron chi connectivity index (χ0n) is 17.9. The van der Waals surface area contributed by atoms with Gasteiger partial charge in [-0.25, -0.2) is 0 Å². The molecule has 2 aliphatic rings. The van der Waals surface area contributed by atoms with Crippen molar-refractivity contribution in [1.29, 1.82) is 0 Å². The highest BCUT2D eigenvalue weighted by molar-refractivity contribution is 7.80. The van der Waals surface area contributed by atoms with Crippen LogP contribution >= 0.6 is 12.2 Å². The highest BCUT2D eigenvalue weighted by Crippen LogP contribution is 2.24. The summed E-state index contributed by atoms with van der Waals surface area (Å²) in [6.45, 7) is 8.61. The second-order valence-electron chi connectivity index (χ2n) is 8.07. The number of benzene rings is 1. The van der Waals surface area contributed by atoms with E-state index >= 15 is 0 Å². The third kappa shape index (κ3) is 6.39. The van der Waals surface area contributed by atoms with Gasteiger partial charge in [0.05, 0.1) is 26.0 Å². The van der Waals surface area contributed by atoms with Crippen LogP contribution < -0.4 is 15.5 Å². The van der Waals surface area contributed by atoms with Crippen molar-refractivity contribution in [2.45, 2.75) is 52.1 Å². The molecule has 1 aliphatic carbocycles. The lowest BCUT2D eigenvalue weighted by Gasteiger charge is -2.30. The first-order chi connectivity index (χ1) is 14.1. The lowest BCUT2D eigenvalue weighted by Crippen LogP contribution is -2.44. The Morgan fingerprint density at radius 2 is 2.03 bits per heavy atom. The lowest BCUT2D eigenvalue weighted by atomic mass is 9.86.